The number of nitrogens with zero attached hydrogens (tertiary/aromatic N) is 3. The van der Waals surface area contributed by atoms with Gasteiger partial charge in [-0.2, -0.15) is 0 Å². The van der Waals surface area contributed by atoms with Gasteiger partial charge in [0.25, 0.3) is 5.91 Å². The maximum absolute atomic E-state index is 13.9. The first-order valence-corrected chi connectivity index (χ1v) is 12.4. The summed E-state index contributed by atoms with van der Waals surface area (Å²) >= 11 is 0. The third-order valence-corrected chi connectivity index (χ3v) is 6.63. The minimum absolute atomic E-state index is 0.176. The third-order valence-electron chi connectivity index (χ3n) is 6.63. The predicted octanol–water partition coefficient (Wildman–Crippen LogP) is 4.53. The van der Waals surface area contributed by atoms with Crippen molar-refractivity contribution in [2.45, 2.75) is 13.1 Å². The molecule has 198 valence electrons. The number of rotatable bonds is 9. The first-order valence-electron chi connectivity index (χ1n) is 12.4. The van der Waals surface area contributed by atoms with E-state index in [1.807, 2.05) is 42.5 Å². The number of fused-ring (bicyclic) bond motifs is 1. The number of anilines is 1. The molecule has 5 rings (SSSR count). The van der Waals surface area contributed by atoms with E-state index in [9.17, 15) is 4.79 Å². The minimum atomic E-state index is -0.176. The van der Waals surface area contributed by atoms with E-state index in [0.717, 1.165) is 16.8 Å². The summed E-state index contributed by atoms with van der Waals surface area (Å²) < 4.78 is 28.0. The van der Waals surface area contributed by atoms with Gasteiger partial charge < -0.3 is 33.2 Å². The lowest BCUT2D eigenvalue weighted by Crippen LogP contribution is -2.38. The highest BCUT2D eigenvalue weighted by molar-refractivity contribution is 5.97. The number of ether oxygens (including phenoxy) is 4. The van der Waals surface area contributed by atoms with Gasteiger partial charge in [-0.05, 0) is 42.5 Å². The molecule has 9 heteroatoms. The number of morpholine rings is 1. The van der Waals surface area contributed by atoms with Gasteiger partial charge in [-0.1, -0.05) is 12.1 Å². The smallest absolute Gasteiger partial charge is 0.258 e. The number of aromatic nitrogens is 1. The van der Waals surface area contributed by atoms with E-state index < -0.39 is 0 Å². The lowest BCUT2D eigenvalue weighted by molar-refractivity contribution is 0.0714. The van der Waals surface area contributed by atoms with Gasteiger partial charge in [0.1, 0.15) is 34.3 Å². The number of carbonyl (C=O) groups excluding carboxylic acids is 1. The van der Waals surface area contributed by atoms with E-state index in [-0.39, 0.29) is 19.0 Å². The van der Waals surface area contributed by atoms with Crippen LogP contribution in [0.5, 0.6) is 17.2 Å². The molecule has 9 nitrogen and oxygen atoms in total. The topological polar surface area (TPSA) is 86.5 Å². The molecule has 0 bridgehead atoms. The first kappa shape index (κ1) is 25.4. The van der Waals surface area contributed by atoms with Crippen LogP contribution in [0, 0.1) is 0 Å². The molecule has 3 heterocycles. The maximum Gasteiger partial charge on any atom is 0.258 e. The number of pyridine rings is 1. The molecule has 38 heavy (non-hydrogen) atoms. The number of amides is 1. The van der Waals surface area contributed by atoms with Crippen LogP contribution in [0.3, 0.4) is 0 Å². The molecule has 0 unspecified atom stereocenters. The van der Waals surface area contributed by atoms with Gasteiger partial charge in [0, 0.05) is 24.0 Å². The number of hydrogen-bond acceptors (Lipinski definition) is 8. The molecule has 1 aliphatic rings. The zero-order valence-electron chi connectivity index (χ0n) is 21.8. The Labute approximate surface area is 221 Å². The van der Waals surface area contributed by atoms with Gasteiger partial charge in [-0.15, -0.1) is 0 Å². The Morgan fingerprint density at radius 3 is 2.37 bits per heavy atom. The quantitative estimate of drug-likeness (QED) is 0.320. The Balaban J connectivity index is 1.63. The van der Waals surface area contributed by atoms with E-state index in [4.69, 9.17) is 28.3 Å². The minimum Gasteiger partial charge on any atom is -0.496 e. The molecular weight excluding hydrogens is 486 g/mol. The zero-order valence-corrected chi connectivity index (χ0v) is 21.8. The highest BCUT2D eigenvalue weighted by atomic mass is 16.5. The fraction of sp³-hybridized carbons (Fsp3) is 0.310. The van der Waals surface area contributed by atoms with Crippen LogP contribution >= 0.6 is 0 Å². The van der Waals surface area contributed by atoms with Gasteiger partial charge in [0.05, 0.1) is 59.5 Å². The van der Waals surface area contributed by atoms with Crippen LogP contribution in [0.1, 0.15) is 21.7 Å². The van der Waals surface area contributed by atoms with Gasteiger partial charge in [-0.3, -0.25) is 4.79 Å². The first-order chi connectivity index (χ1) is 18.6. The van der Waals surface area contributed by atoms with Crippen molar-refractivity contribution in [1.82, 2.24) is 9.88 Å². The molecule has 1 aliphatic heterocycles. The molecule has 0 aliphatic carbocycles. The van der Waals surface area contributed by atoms with Crippen LogP contribution in [-0.2, 0) is 17.8 Å². The van der Waals surface area contributed by atoms with Gasteiger partial charge in [0.15, 0.2) is 0 Å². The van der Waals surface area contributed by atoms with Crippen LogP contribution < -0.4 is 19.1 Å². The number of benzene rings is 2. The zero-order chi connectivity index (χ0) is 26.5. The van der Waals surface area contributed by atoms with Crippen LogP contribution in [0.4, 0.5) is 5.82 Å². The van der Waals surface area contributed by atoms with E-state index in [0.29, 0.717) is 60.4 Å². The van der Waals surface area contributed by atoms with Crippen LogP contribution in [0.15, 0.2) is 65.3 Å². The summed E-state index contributed by atoms with van der Waals surface area (Å²) in [6, 6.07) is 16.7. The lowest BCUT2D eigenvalue weighted by atomic mass is 10.1. The molecule has 1 saturated heterocycles. The molecule has 1 fully saturated rings. The number of furan rings is 1. The van der Waals surface area contributed by atoms with Crippen molar-refractivity contribution in [3.05, 3.63) is 77.7 Å². The standard InChI is InChI=1S/C29H31N3O6/c1-34-24-9-5-4-8-22(24)29(33)32(19-21-7-6-14-38-21)18-20-17-23-25(35-2)10-11-26(36-3)27(23)30-28(20)31-12-15-37-16-13-31/h4-11,14,17H,12-13,15-16,18-19H2,1-3H3. The fourth-order valence-corrected chi connectivity index (χ4v) is 4.74. The van der Waals surface area contributed by atoms with Crippen LogP contribution in [0.2, 0.25) is 0 Å². The van der Waals surface area contributed by atoms with Crippen LogP contribution in [-0.4, -0.2) is 63.4 Å². The SMILES string of the molecule is COc1ccccc1C(=O)N(Cc1ccco1)Cc1cc2c(OC)ccc(OC)c2nc1N1CCOCC1. The second kappa shape index (κ2) is 11.4. The Morgan fingerprint density at radius 1 is 0.921 bits per heavy atom. The second-order valence-electron chi connectivity index (χ2n) is 8.88. The van der Waals surface area contributed by atoms with Crippen molar-refractivity contribution < 1.29 is 28.2 Å². The van der Waals surface area contributed by atoms with Gasteiger partial charge >= 0.3 is 0 Å². The van der Waals surface area contributed by atoms with Crippen molar-refractivity contribution in [2.24, 2.45) is 0 Å². The Kier molecular flexibility index (Phi) is 7.65. The van der Waals surface area contributed by atoms with Crippen molar-refractivity contribution in [1.29, 1.82) is 0 Å². The maximum atomic E-state index is 13.9. The van der Waals surface area contributed by atoms with Crippen molar-refractivity contribution >= 4 is 22.6 Å². The molecule has 0 radical (unpaired) electrons. The second-order valence-corrected chi connectivity index (χ2v) is 8.88. The normalized spacial score (nSPS) is 13.4. The van der Waals surface area contributed by atoms with Crippen molar-refractivity contribution in [2.75, 3.05) is 52.5 Å². The van der Waals surface area contributed by atoms with Gasteiger partial charge in [0.2, 0.25) is 0 Å². The molecule has 2 aromatic heterocycles. The van der Waals surface area contributed by atoms with E-state index in [1.54, 1.807) is 44.6 Å². The summed E-state index contributed by atoms with van der Waals surface area (Å²) in [5.74, 6) is 3.12. The summed E-state index contributed by atoms with van der Waals surface area (Å²) in [6.45, 7) is 3.15. The van der Waals surface area contributed by atoms with Crippen molar-refractivity contribution in [3.63, 3.8) is 0 Å². The van der Waals surface area contributed by atoms with Crippen molar-refractivity contribution in [3.8, 4) is 17.2 Å². The Hall–Kier alpha value is -4.24. The Bertz CT molecular complexity index is 1400. The summed E-state index contributed by atoms with van der Waals surface area (Å²) in [5.41, 5.74) is 2.05. The van der Waals surface area contributed by atoms with E-state index >= 15 is 0 Å². The molecule has 0 N–H and O–H groups in total. The monoisotopic (exact) mass is 517 g/mol. The number of carbonyl (C=O) groups is 1. The lowest BCUT2D eigenvalue weighted by Gasteiger charge is -2.31. The summed E-state index contributed by atoms with van der Waals surface area (Å²) in [4.78, 5) is 22.9. The molecule has 0 saturated carbocycles. The van der Waals surface area contributed by atoms with E-state index in [1.165, 1.54) is 0 Å². The molecule has 0 atom stereocenters. The third kappa shape index (κ3) is 5.10. The fourth-order valence-electron chi connectivity index (χ4n) is 4.74. The molecule has 0 spiro atoms. The predicted molar refractivity (Wildman–Crippen MR) is 143 cm³/mol. The summed E-state index contributed by atoms with van der Waals surface area (Å²) in [6.07, 6.45) is 1.61. The largest absolute Gasteiger partial charge is 0.496 e. The molecule has 2 aromatic carbocycles. The highest BCUT2D eigenvalue weighted by Crippen LogP contribution is 2.36. The summed E-state index contributed by atoms with van der Waals surface area (Å²) in [5, 5.41) is 0.807. The average Bonchev–Trinajstić information content (AvgIpc) is 3.49. The van der Waals surface area contributed by atoms with E-state index in [2.05, 4.69) is 4.90 Å². The van der Waals surface area contributed by atoms with Gasteiger partial charge in [-0.25, -0.2) is 4.98 Å². The molecule has 4 aromatic rings. The molecule has 1 amide bonds. The highest BCUT2D eigenvalue weighted by Gasteiger charge is 2.26. The Morgan fingerprint density at radius 2 is 1.66 bits per heavy atom. The number of hydrogen-bond donors (Lipinski definition) is 0. The number of methoxy groups -OCH3 is 3. The number of para-hydroxylation sites is 1. The van der Waals surface area contributed by atoms with Crippen LogP contribution in [0.25, 0.3) is 10.9 Å². The summed E-state index contributed by atoms with van der Waals surface area (Å²) in [7, 11) is 4.82. The molecular formula is C29H31N3O6. The average molecular weight is 518 g/mol.